The molecule has 7 heterocycles. The van der Waals surface area contributed by atoms with Gasteiger partial charge in [0.05, 0.1) is 37.7 Å². The van der Waals surface area contributed by atoms with Crippen molar-refractivity contribution in [3.63, 3.8) is 0 Å². The number of phenolic OH excluding ortho intramolecular Hbond substituents is 1. The highest BCUT2D eigenvalue weighted by atomic mass is 79.9. The van der Waals surface area contributed by atoms with Gasteiger partial charge in [-0.25, -0.2) is 16.8 Å². The van der Waals surface area contributed by atoms with Gasteiger partial charge in [0.1, 0.15) is 5.75 Å². The van der Waals surface area contributed by atoms with Crippen molar-refractivity contribution < 1.29 is 21.9 Å². The molecule has 0 amide bonds. The maximum absolute atomic E-state index is 11.9. The standard InChI is InChI=1S/C17H22N4O3S.C11H17ClN4O2S.C9H14ClN5.C4H3BrClN3/c1-11-10-21(8-7-16(11)25(2,23)24)14-9-13(19-20-17(14)18)12-5-3-4-6-15(12)22;1-7-6-16(4-3-9(7)19(2,17)18)8-5-10(12)14-15-11(8)13;1-6-5-15(3-2-12-6)7-4-8(10)13-14-9(7)11;5-2-1-3(6)8-9-4(2)7/h3-6,9,11,16,22H,7-8,10H2,1-2H3,(H2,18,20);5,7,9H,3-4,6H2,1-2H3,(H2,13,15);4,6,12H,2-3,5H2,1H3,(H2,11,14);1H,(H2,7,9). The second-order valence-electron chi connectivity index (χ2n) is 16.8. The first-order chi connectivity index (χ1) is 31.9. The molecule has 4 aromatic heterocycles. The molecule has 5 atom stereocenters. The number of nitrogen functional groups attached to an aromatic ring is 4. The molecule has 0 spiro atoms. The van der Waals surface area contributed by atoms with E-state index in [9.17, 15) is 21.9 Å². The Morgan fingerprint density at radius 3 is 1.47 bits per heavy atom. The molecular weight excluding hydrogens is 1050 g/mol. The number of aromatic hydroxyl groups is 1. The Balaban J connectivity index is 0.000000179. The Hall–Kier alpha value is -4.85. The lowest BCUT2D eigenvalue weighted by atomic mass is 9.99. The Morgan fingerprint density at radius 2 is 1.04 bits per heavy atom. The predicted octanol–water partition coefficient (Wildman–Crippen LogP) is 4.65. The van der Waals surface area contributed by atoms with Crippen LogP contribution >= 0.6 is 50.7 Å². The molecule has 8 rings (SSSR count). The number of piperazine rings is 1. The van der Waals surface area contributed by atoms with Gasteiger partial charge in [0.2, 0.25) is 0 Å². The smallest absolute Gasteiger partial charge is 0.169 e. The van der Waals surface area contributed by atoms with E-state index in [2.05, 4.69) is 73.9 Å². The number of piperidine rings is 2. The zero-order valence-corrected chi connectivity index (χ0v) is 43.5. The van der Waals surface area contributed by atoms with Crippen LogP contribution in [-0.2, 0) is 19.7 Å². The number of hydrogen-bond acceptors (Lipinski definition) is 21. The van der Waals surface area contributed by atoms with Crippen LogP contribution in [0.4, 0.5) is 40.3 Å². The van der Waals surface area contributed by atoms with E-state index in [0.29, 0.717) is 100 Å². The molecule has 0 aliphatic carbocycles. The zero-order valence-electron chi connectivity index (χ0n) is 38.0. The number of sulfone groups is 2. The van der Waals surface area contributed by atoms with Gasteiger partial charge in [-0.2, -0.15) is 0 Å². The molecule has 1 aromatic carbocycles. The van der Waals surface area contributed by atoms with E-state index in [0.717, 1.165) is 31.0 Å². The van der Waals surface area contributed by atoms with Crippen molar-refractivity contribution in [1.82, 2.24) is 46.1 Å². The number of aromatic nitrogens is 8. The van der Waals surface area contributed by atoms with Crippen LogP contribution in [0.15, 0.2) is 53.0 Å². The van der Waals surface area contributed by atoms with Crippen LogP contribution in [-0.4, -0.2) is 138 Å². The summed E-state index contributed by atoms with van der Waals surface area (Å²) in [5.41, 5.74) is 26.3. The van der Waals surface area contributed by atoms with Crippen molar-refractivity contribution in [3.8, 4) is 17.0 Å². The molecule has 3 aliphatic rings. The minimum atomic E-state index is -3.07. The highest BCUT2D eigenvalue weighted by Gasteiger charge is 2.35. The fourth-order valence-corrected chi connectivity index (χ4v) is 12.0. The Morgan fingerprint density at radius 1 is 0.618 bits per heavy atom. The molecule has 5 aromatic rings. The molecule has 370 valence electrons. The summed E-state index contributed by atoms with van der Waals surface area (Å²) >= 11 is 20.2. The number of anilines is 7. The summed E-state index contributed by atoms with van der Waals surface area (Å²) in [6.07, 6.45) is 3.72. The van der Waals surface area contributed by atoms with Crippen LogP contribution < -0.4 is 43.0 Å². The van der Waals surface area contributed by atoms with E-state index in [1.54, 1.807) is 42.5 Å². The van der Waals surface area contributed by atoms with Gasteiger partial charge in [-0.3, -0.25) is 0 Å². The first-order valence-electron chi connectivity index (χ1n) is 21.2. The SMILES string of the molecule is CC1CN(c2cc(-c3ccccc3O)nnc2N)CCC1S(C)(=O)=O.CC1CN(c2cc(Cl)nnc2N)CCC1S(C)(=O)=O.CC1CN(c2cc(Cl)nnc2N)CCN1.Nc1nnc(Cl)cc1Br. The molecular formula is C41H56BrCl3N16O5S2. The monoisotopic (exact) mass is 1100 g/mol. The normalized spacial score (nSPS) is 20.7. The van der Waals surface area contributed by atoms with Gasteiger partial charge in [0.15, 0.2) is 58.4 Å². The van der Waals surface area contributed by atoms with Crippen molar-refractivity contribution >= 4 is 111 Å². The molecule has 0 saturated carbocycles. The lowest BCUT2D eigenvalue weighted by molar-refractivity contribution is 0.437. The second kappa shape index (κ2) is 23.6. The van der Waals surface area contributed by atoms with Crippen molar-refractivity contribution in [3.05, 3.63) is 68.5 Å². The third-order valence-corrected chi connectivity index (χ3v) is 16.2. The van der Waals surface area contributed by atoms with Crippen LogP contribution in [0.5, 0.6) is 5.75 Å². The Kier molecular flexibility index (Phi) is 18.8. The second-order valence-corrected chi connectivity index (χ2v) is 23.3. The molecule has 3 fully saturated rings. The molecule has 0 radical (unpaired) electrons. The summed E-state index contributed by atoms with van der Waals surface area (Å²) in [5, 5.41) is 43.8. The molecule has 68 heavy (non-hydrogen) atoms. The first-order valence-corrected chi connectivity index (χ1v) is 27.1. The topological polar surface area (TPSA) is 317 Å². The molecule has 3 saturated heterocycles. The minimum Gasteiger partial charge on any atom is -0.507 e. The third kappa shape index (κ3) is 14.8. The fraction of sp³-hybridized carbons (Fsp3) is 0.463. The Labute approximate surface area is 419 Å². The summed E-state index contributed by atoms with van der Waals surface area (Å²) in [5.74, 6) is 1.54. The molecule has 21 nitrogen and oxygen atoms in total. The lowest BCUT2D eigenvalue weighted by Crippen LogP contribution is -2.49. The van der Waals surface area contributed by atoms with E-state index in [-0.39, 0.29) is 33.2 Å². The average Bonchev–Trinajstić information content (AvgIpc) is 3.27. The Bertz CT molecular complexity index is 2750. The molecule has 5 unspecified atom stereocenters. The number of benzene rings is 1. The number of nitrogens with one attached hydrogen (secondary N) is 1. The van der Waals surface area contributed by atoms with Crippen molar-refractivity contribution in [1.29, 1.82) is 0 Å². The highest BCUT2D eigenvalue weighted by Crippen LogP contribution is 2.35. The number of phenols is 1. The van der Waals surface area contributed by atoms with Crippen molar-refractivity contribution in [2.45, 2.75) is 50.2 Å². The minimum absolute atomic E-state index is 0.00936. The van der Waals surface area contributed by atoms with Gasteiger partial charge in [0, 0.05) is 82.1 Å². The van der Waals surface area contributed by atoms with Crippen molar-refractivity contribution in [2.75, 3.05) is 96.0 Å². The average molecular weight is 1100 g/mol. The molecule has 3 aliphatic heterocycles. The molecule has 0 bridgehead atoms. The molecule has 27 heteroatoms. The fourth-order valence-electron chi connectivity index (χ4n) is 8.18. The molecule has 10 N–H and O–H groups in total. The quantitative estimate of drug-likeness (QED) is 0.135. The largest absolute Gasteiger partial charge is 0.507 e. The van der Waals surface area contributed by atoms with E-state index in [1.165, 1.54) is 12.5 Å². The maximum atomic E-state index is 11.9. The summed E-state index contributed by atoms with van der Waals surface area (Å²) < 4.78 is 47.8. The van der Waals surface area contributed by atoms with Crippen LogP contribution in [0, 0.1) is 11.8 Å². The van der Waals surface area contributed by atoms with Gasteiger partial charge in [-0.05, 0) is 71.8 Å². The van der Waals surface area contributed by atoms with E-state index in [1.807, 2.05) is 29.7 Å². The predicted molar refractivity (Wildman–Crippen MR) is 275 cm³/mol. The third-order valence-electron chi connectivity index (χ3n) is 11.4. The number of hydrogen-bond donors (Lipinski definition) is 6. The van der Waals surface area contributed by atoms with E-state index in [4.69, 9.17) is 57.7 Å². The summed E-state index contributed by atoms with van der Waals surface area (Å²) in [6.45, 7) is 11.2. The van der Waals surface area contributed by atoms with Gasteiger partial charge >= 0.3 is 0 Å². The van der Waals surface area contributed by atoms with Gasteiger partial charge in [0.25, 0.3) is 0 Å². The lowest BCUT2D eigenvalue weighted by Gasteiger charge is -2.37. The first kappa shape index (κ1) is 54.1. The maximum Gasteiger partial charge on any atom is 0.169 e. The number of para-hydroxylation sites is 1. The number of rotatable bonds is 6. The number of nitrogens with zero attached hydrogens (tertiary/aromatic N) is 11. The van der Waals surface area contributed by atoms with E-state index >= 15 is 0 Å². The zero-order chi connectivity index (χ0) is 50.1. The summed E-state index contributed by atoms with van der Waals surface area (Å²) in [6, 6.07) is 14.2. The van der Waals surface area contributed by atoms with Crippen LogP contribution in [0.3, 0.4) is 0 Å². The number of nitrogens with two attached hydrogens (primary N) is 4. The van der Waals surface area contributed by atoms with Gasteiger partial charge in [-0.1, -0.05) is 60.8 Å². The van der Waals surface area contributed by atoms with Crippen LogP contribution in [0.2, 0.25) is 15.5 Å². The van der Waals surface area contributed by atoms with Crippen LogP contribution in [0.1, 0.15) is 33.6 Å². The summed E-state index contributed by atoms with van der Waals surface area (Å²) in [7, 11) is -6.08. The van der Waals surface area contributed by atoms with Crippen molar-refractivity contribution in [2.24, 2.45) is 11.8 Å². The van der Waals surface area contributed by atoms with Gasteiger partial charge < -0.3 is 48.1 Å². The van der Waals surface area contributed by atoms with Gasteiger partial charge in [-0.15, -0.1) is 40.8 Å². The summed E-state index contributed by atoms with van der Waals surface area (Å²) in [4.78, 5) is 6.24. The van der Waals surface area contributed by atoms with E-state index < -0.39 is 19.7 Å². The van der Waals surface area contributed by atoms with Crippen LogP contribution in [0.25, 0.3) is 11.3 Å². The highest BCUT2D eigenvalue weighted by molar-refractivity contribution is 9.10. The number of halogens is 4.